The third kappa shape index (κ3) is 4.17. The molecule has 0 bridgehead atoms. The lowest BCUT2D eigenvalue weighted by Gasteiger charge is -2.06. The van der Waals surface area contributed by atoms with E-state index in [0.717, 1.165) is 11.3 Å². The van der Waals surface area contributed by atoms with Crippen LogP contribution in [0, 0.1) is 5.82 Å². The molecule has 0 aliphatic heterocycles. The van der Waals surface area contributed by atoms with E-state index in [9.17, 15) is 9.18 Å². The second-order valence-electron chi connectivity index (χ2n) is 4.94. The Morgan fingerprint density at radius 3 is 2.42 bits per heavy atom. The SMILES string of the molecule is O=C(CSc1ccc(-c2ccccc2)nn1)Nc1ccccc1F. The van der Waals surface area contributed by atoms with Gasteiger partial charge in [-0.05, 0) is 24.3 Å². The van der Waals surface area contributed by atoms with Gasteiger partial charge in [-0.25, -0.2) is 4.39 Å². The number of anilines is 1. The van der Waals surface area contributed by atoms with E-state index in [4.69, 9.17) is 0 Å². The van der Waals surface area contributed by atoms with Crippen LogP contribution in [0.25, 0.3) is 11.3 Å². The molecule has 1 amide bonds. The number of halogens is 1. The van der Waals surface area contributed by atoms with Gasteiger partial charge in [0.05, 0.1) is 17.1 Å². The van der Waals surface area contributed by atoms with Gasteiger partial charge in [0.2, 0.25) is 5.91 Å². The third-order valence-electron chi connectivity index (χ3n) is 3.21. The number of hydrogen-bond acceptors (Lipinski definition) is 4. The highest BCUT2D eigenvalue weighted by Crippen LogP contribution is 2.20. The van der Waals surface area contributed by atoms with Gasteiger partial charge in [-0.15, -0.1) is 10.2 Å². The highest BCUT2D eigenvalue weighted by molar-refractivity contribution is 7.99. The van der Waals surface area contributed by atoms with Crippen LogP contribution in [0.1, 0.15) is 0 Å². The molecule has 0 spiro atoms. The molecule has 1 aromatic heterocycles. The van der Waals surface area contributed by atoms with Crippen LogP contribution in [0.15, 0.2) is 71.8 Å². The zero-order valence-electron chi connectivity index (χ0n) is 12.6. The number of nitrogens with zero attached hydrogens (tertiary/aromatic N) is 2. The molecule has 6 heteroatoms. The van der Waals surface area contributed by atoms with Crippen molar-refractivity contribution >= 4 is 23.4 Å². The van der Waals surface area contributed by atoms with E-state index < -0.39 is 5.82 Å². The van der Waals surface area contributed by atoms with Crippen molar-refractivity contribution in [1.29, 1.82) is 0 Å². The summed E-state index contributed by atoms with van der Waals surface area (Å²) >= 11 is 1.25. The topological polar surface area (TPSA) is 54.9 Å². The number of rotatable bonds is 5. The number of carbonyl (C=O) groups excluding carboxylic acids is 1. The highest BCUT2D eigenvalue weighted by Gasteiger charge is 2.08. The van der Waals surface area contributed by atoms with Crippen molar-refractivity contribution in [2.24, 2.45) is 0 Å². The summed E-state index contributed by atoms with van der Waals surface area (Å²) in [6, 6.07) is 19.5. The lowest BCUT2D eigenvalue weighted by atomic mass is 10.1. The lowest BCUT2D eigenvalue weighted by molar-refractivity contribution is -0.113. The molecule has 0 saturated heterocycles. The van der Waals surface area contributed by atoms with Gasteiger partial charge in [-0.3, -0.25) is 4.79 Å². The fourth-order valence-electron chi connectivity index (χ4n) is 2.05. The van der Waals surface area contributed by atoms with Gasteiger partial charge in [-0.2, -0.15) is 0 Å². The number of aromatic nitrogens is 2. The number of carbonyl (C=O) groups is 1. The predicted molar refractivity (Wildman–Crippen MR) is 93.2 cm³/mol. The highest BCUT2D eigenvalue weighted by atomic mass is 32.2. The minimum Gasteiger partial charge on any atom is -0.323 e. The van der Waals surface area contributed by atoms with Crippen molar-refractivity contribution in [1.82, 2.24) is 10.2 Å². The molecule has 3 rings (SSSR count). The molecule has 1 heterocycles. The average molecular weight is 339 g/mol. The van der Waals surface area contributed by atoms with Crippen molar-refractivity contribution in [2.75, 3.05) is 11.1 Å². The normalized spacial score (nSPS) is 10.4. The monoisotopic (exact) mass is 339 g/mol. The molecule has 0 fully saturated rings. The molecule has 0 radical (unpaired) electrons. The Morgan fingerprint density at radius 2 is 1.71 bits per heavy atom. The molecule has 4 nitrogen and oxygen atoms in total. The van der Waals surface area contributed by atoms with Crippen molar-refractivity contribution in [3.05, 3.63) is 72.5 Å². The Morgan fingerprint density at radius 1 is 0.958 bits per heavy atom. The number of benzene rings is 2. The number of hydrogen-bond donors (Lipinski definition) is 1. The molecule has 0 unspecified atom stereocenters. The van der Waals surface area contributed by atoms with E-state index in [1.807, 2.05) is 42.5 Å². The molecular formula is C18H14FN3OS. The van der Waals surface area contributed by atoms with E-state index in [1.165, 1.54) is 23.9 Å². The van der Waals surface area contributed by atoms with E-state index in [1.54, 1.807) is 12.1 Å². The Balaban J connectivity index is 1.57. The molecular weight excluding hydrogens is 325 g/mol. The van der Waals surface area contributed by atoms with Crippen LogP contribution in [0.2, 0.25) is 0 Å². The van der Waals surface area contributed by atoms with Crippen LogP contribution in [0.5, 0.6) is 0 Å². The first-order valence-electron chi connectivity index (χ1n) is 7.29. The Kier molecular flexibility index (Phi) is 5.18. The van der Waals surface area contributed by atoms with E-state index >= 15 is 0 Å². The minimum atomic E-state index is -0.456. The summed E-state index contributed by atoms with van der Waals surface area (Å²) in [5.41, 5.74) is 1.93. The molecule has 3 aromatic rings. The van der Waals surface area contributed by atoms with Crippen LogP contribution >= 0.6 is 11.8 Å². The molecule has 0 aliphatic carbocycles. The maximum absolute atomic E-state index is 13.5. The van der Waals surface area contributed by atoms with Crippen molar-refractivity contribution in [2.45, 2.75) is 5.03 Å². The molecule has 120 valence electrons. The molecule has 0 atom stereocenters. The van der Waals surface area contributed by atoms with Crippen LogP contribution in [0.4, 0.5) is 10.1 Å². The molecule has 2 aromatic carbocycles. The fourth-order valence-corrected chi connectivity index (χ4v) is 2.66. The number of amides is 1. The van der Waals surface area contributed by atoms with Crippen LogP contribution in [0.3, 0.4) is 0 Å². The minimum absolute atomic E-state index is 0.133. The Bertz CT molecular complexity index is 825. The number of thioether (sulfide) groups is 1. The van der Waals surface area contributed by atoms with Crippen molar-refractivity contribution in [3.8, 4) is 11.3 Å². The first kappa shape index (κ1) is 16.1. The van der Waals surface area contributed by atoms with Gasteiger partial charge in [-0.1, -0.05) is 54.2 Å². The number of nitrogens with one attached hydrogen (secondary N) is 1. The summed E-state index contributed by atoms with van der Waals surface area (Å²) in [4.78, 5) is 11.9. The summed E-state index contributed by atoms with van der Waals surface area (Å²) in [5.74, 6) is -0.616. The van der Waals surface area contributed by atoms with Gasteiger partial charge < -0.3 is 5.32 Å². The first-order chi connectivity index (χ1) is 11.7. The quantitative estimate of drug-likeness (QED) is 0.714. The summed E-state index contributed by atoms with van der Waals surface area (Å²) in [7, 11) is 0. The zero-order valence-corrected chi connectivity index (χ0v) is 13.5. The standard InChI is InChI=1S/C18H14FN3OS/c19-14-8-4-5-9-16(14)20-17(23)12-24-18-11-10-15(21-22-18)13-6-2-1-3-7-13/h1-11H,12H2,(H,20,23). The summed E-state index contributed by atoms with van der Waals surface area (Å²) in [6.07, 6.45) is 0. The number of para-hydroxylation sites is 1. The predicted octanol–water partition coefficient (Wildman–Crippen LogP) is 4.01. The van der Waals surface area contributed by atoms with Crippen molar-refractivity contribution in [3.63, 3.8) is 0 Å². The second kappa shape index (κ2) is 7.70. The molecule has 1 N–H and O–H groups in total. The summed E-state index contributed by atoms with van der Waals surface area (Å²) in [6.45, 7) is 0. The van der Waals surface area contributed by atoms with Gasteiger partial charge in [0, 0.05) is 5.56 Å². The van der Waals surface area contributed by atoms with E-state index in [0.29, 0.717) is 5.03 Å². The summed E-state index contributed by atoms with van der Waals surface area (Å²) in [5, 5.41) is 11.4. The third-order valence-corrected chi connectivity index (χ3v) is 4.13. The Labute approximate surface area is 143 Å². The van der Waals surface area contributed by atoms with Crippen LogP contribution in [-0.4, -0.2) is 21.9 Å². The van der Waals surface area contributed by atoms with Gasteiger partial charge in [0.1, 0.15) is 10.8 Å². The van der Waals surface area contributed by atoms with E-state index in [2.05, 4.69) is 15.5 Å². The Hall–Kier alpha value is -2.73. The molecule has 24 heavy (non-hydrogen) atoms. The van der Waals surface area contributed by atoms with Gasteiger partial charge in [0.25, 0.3) is 0 Å². The first-order valence-corrected chi connectivity index (χ1v) is 8.27. The fraction of sp³-hybridized carbons (Fsp3) is 0.0556. The van der Waals surface area contributed by atoms with Crippen LogP contribution < -0.4 is 5.32 Å². The molecule has 0 aliphatic rings. The maximum atomic E-state index is 13.5. The maximum Gasteiger partial charge on any atom is 0.234 e. The summed E-state index contributed by atoms with van der Waals surface area (Å²) < 4.78 is 13.5. The largest absolute Gasteiger partial charge is 0.323 e. The lowest BCUT2D eigenvalue weighted by Crippen LogP contribution is -2.15. The average Bonchev–Trinajstić information content (AvgIpc) is 2.63. The van der Waals surface area contributed by atoms with Crippen molar-refractivity contribution < 1.29 is 9.18 Å². The van der Waals surface area contributed by atoms with Crippen LogP contribution in [-0.2, 0) is 4.79 Å². The smallest absolute Gasteiger partial charge is 0.234 e. The van der Waals surface area contributed by atoms with Gasteiger partial charge >= 0.3 is 0 Å². The van der Waals surface area contributed by atoms with E-state index in [-0.39, 0.29) is 17.3 Å². The molecule has 0 saturated carbocycles. The zero-order chi connectivity index (χ0) is 16.8. The van der Waals surface area contributed by atoms with Gasteiger partial charge in [0.15, 0.2) is 0 Å². The second-order valence-corrected chi connectivity index (χ2v) is 5.94.